The summed E-state index contributed by atoms with van der Waals surface area (Å²) in [5, 5.41) is 9.56. The van der Waals surface area contributed by atoms with E-state index in [1.807, 2.05) is 0 Å². The van der Waals surface area contributed by atoms with Crippen LogP contribution in [0.2, 0.25) is 0 Å². The Morgan fingerprint density at radius 2 is 1.53 bits per heavy atom. The molecule has 1 rings (SSSR count). The van der Waals surface area contributed by atoms with Crippen LogP contribution in [0.4, 0.5) is 26.3 Å². The zero-order valence-corrected chi connectivity index (χ0v) is 9.20. The van der Waals surface area contributed by atoms with Crippen molar-refractivity contribution < 1.29 is 31.4 Å². The van der Waals surface area contributed by atoms with Crippen LogP contribution in [-0.4, -0.2) is 29.0 Å². The van der Waals surface area contributed by atoms with Gasteiger partial charge >= 0.3 is 12.1 Å². The number of halogens is 6. The van der Waals surface area contributed by atoms with Crippen LogP contribution in [0.25, 0.3) is 0 Å². The lowest BCUT2D eigenvalue weighted by Crippen LogP contribution is -2.59. The summed E-state index contributed by atoms with van der Waals surface area (Å²) >= 11 is 0. The van der Waals surface area contributed by atoms with Crippen molar-refractivity contribution in [2.75, 3.05) is 0 Å². The number of hydrogen-bond donors (Lipinski definition) is 1. The molecule has 0 amide bonds. The Morgan fingerprint density at radius 3 is 1.88 bits per heavy atom. The van der Waals surface area contributed by atoms with Gasteiger partial charge in [0, 0.05) is 0 Å². The maximum atomic E-state index is 13.4. The molecule has 1 aliphatic rings. The number of alkyl halides is 6. The van der Waals surface area contributed by atoms with Crippen LogP contribution in [0.5, 0.6) is 0 Å². The predicted octanol–water partition coefficient (Wildman–Crippen LogP) is 3.46. The molecule has 0 spiro atoms. The minimum atomic E-state index is -5.66. The Kier molecular flexibility index (Phi) is 3.72. The van der Waals surface area contributed by atoms with E-state index in [0.717, 1.165) is 0 Å². The van der Waals surface area contributed by atoms with Gasteiger partial charge in [0.05, 0.1) is 0 Å². The molecule has 17 heavy (non-hydrogen) atoms. The summed E-state index contributed by atoms with van der Waals surface area (Å²) in [6, 6.07) is 0. The van der Waals surface area contributed by atoms with Crippen LogP contribution in [0.3, 0.4) is 0 Å². The first kappa shape index (κ1) is 14.6. The van der Waals surface area contributed by atoms with E-state index in [9.17, 15) is 31.4 Å². The van der Waals surface area contributed by atoms with Crippen LogP contribution in [0, 0.1) is 5.92 Å². The molecule has 0 aromatic carbocycles. The number of aliphatic hydroxyl groups is 1. The van der Waals surface area contributed by atoms with Crippen LogP contribution in [0.15, 0.2) is 0 Å². The molecular formula is C10H14F6O. The highest BCUT2D eigenvalue weighted by molar-refractivity contribution is 5.02. The third-order valence-corrected chi connectivity index (χ3v) is 3.33. The van der Waals surface area contributed by atoms with Gasteiger partial charge in [-0.2, -0.15) is 22.0 Å². The zero-order chi connectivity index (χ0) is 13.5. The fourth-order valence-corrected chi connectivity index (χ4v) is 2.01. The summed E-state index contributed by atoms with van der Waals surface area (Å²) in [6.45, 7) is 1.74. The van der Waals surface area contributed by atoms with E-state index in [1.165, 1.54) is 0 Å². The first-order valence-electron chi connectivity index (χ1n) is 5.32. The van der Waals surface area contributed by atoms with E-state index in [2.05, 4.69) is 0 Å². The quantitative estimate of drug-likeness (QED) is 0.757. The smallest absolute Gasteiger partial charge is 0.383 e. The Hall–Kier alpha value is -0.460. The molecule has 0 aromatic rings. The van der Waals surface area contributed by atoms with E-state index in [0.29, 0.717) is 0 Å². The molecule has 1 fully saturated rings. The number of hydrogen-bond acceptors (Lipinski definition) is 1. The fourth-order valence-electron chi connectivity index (χ4n) is 2.01. The van der Waals surface area contributed by atoms with Crippen LogP contribution >= 0.6 is 0 Å². The molecule has 0 aliphatic heterocycles. The fraction of sp³-hybridized carbons (Fsp3) is 1.00. The van der Waals surface area contributed by atoms with E-state index >= 15 is 0 Å². The van der Waals surface area contributed by atoms with Crippen molar-refractivity contribution in [2.24, 2.45) is 5.92 Å². The van der Waals surface area contributed by atoms with Gasteiger partial charge in [0.15, 0.2) is 0 Å². The van der Waals surface area contributed by atoms with Gasteiger partial charge < -0.3 is 5.11 Å². The van der Waals surface area contributed by atoms with Crippen molar-refractivity contribution in [3.8, 4) is 0 Å². The monoisotopic (exact) mass is 264 g/mol. The molecule has 1 unspecified atom stereocenters. The van der Waals surface area contributed by atoms with Gasteiger partial charge in [-0.25, -0.2) is 4.39 Å². The summed E-state index contributed by atoms with van der Waals surface area (Å²) in [4.78, 5) is 0. The average molecular weight is 264 g/mol. The second-order valence-corrected chi connectivity index (χ2v) is 4.74. The lowest BCUT2D eigenvalue weighted by atomic mass is 9.75. The lowest BCUT2D eigenvalue weighted by molar-refractivity contribution is -0.299. The normalized spacial score (nSPS) is 33.5. The SMILES string of the molecule is CC1CCC(O)(C(F)(F)C(F)C(F)(F)F)CC1. The zero-order valence-electron chi connectivity index (χ0n) is 9.20. The lowest BCUT2D eigenvalue weighted by Gasteiger charge is -2.41. The van der Waals surface area contributed by atoms with Gasteiger partial charge in [-0.15, -0.1) is 0 Å². The largest absolute Gasteiger partial charge is 0.425 e. The predicted molar refractivity (Wildman–Crippen MR) is 48.5 cm³/mol. The molecular weight excluding hydrogens is 250 g/mol. The molecule has 0 bridgehead atoms. The van der Waals surface area contributed by atoms with Gasteiger partial charge in [-0.1, -0.05) is 6.92 Å². The van der Waals surface area contributed by atoms with Gasteiger partial charge in [-0.3, -0.25) is 0 Å². The first-order chi connectivity index (χ1) is 7.51. The van der Waals surface area contributed by atoms with Gasteiger partial charge in [-0.05, 0) is 31.6 Å². The van der Waals surface area contributed by atoms with Gasteiger partial charge in [0.1, 0.15) is 5.60 Å². The van der Waals surface area contributed by atoms with Crippen molar-refractivity contribution >= 4 is 0 Å². The number of rotatable bonds is 2. The van der Waals surface area contributed by atoms with Crippen LogP contribution in [-0.2, 0) is 0 Å². The van der Waals surface area contributed by atoms with Gasteiger partial charge in [0.25, 0.3) is 6.17 Å². The molecule has 1 nitrogen and oxygen atoms in total. The first-order valence-corrected chi connectivity index (χ1v) is 5.32. The van der Waals surface area contributed by atoms with E-state index < -0.39 is 36.7 Å². The molecule has 1 N–H and O–H groups in total. The van der Waals surface area contributed by atoms with Crippen molar-refractivity contribution in [3.63, 3.8) is 0 Å². The molecule has 0 saturated heterocycles. The van der Waals surface area contributed by atoms with Crippen molar-refractivity contribution in [3.05, 3.63) is 0 Å². The topological polar surface area (TPSA) is 20.2 Å². The molecule has 0 heterocycles. The van der Waals surface area contributed by atoms with E-state index in [4.69, 9.17) is 0 Å². The summed E-state index contributed by atoms with van der Waals surface area (Å²) in [5.74, 6) is -4.75. The van der Waals surface area contributed by atoms with Crippen LogP contribution in [0.1, 0.15) is 32.6 Å². The third-order valence-electron chi connectivity index (χ3n) is 3.33. The molecule has 1 aliphatic carbocycles. The molecule has 102 valence electrons. The van der Waals surface area contributed by atoms with E-state index in [1.54, 1.807) is 6.92 Å². The second-order valence-electron chi connectivity index (χ2n) is 4.74. The molecule has 1 saturated carbocycles. The Balaban J connectivity index is 2.89. The molecule has 1 atom stereocenters. The maximum Gasteiger partial charge on any atom is 0.425 e. The van der Waals surface area contributed by atoms with E-state index in [-0.39, 0.29) is 18.8 Å². The van der Waals surface area contributed by atoms with Crippen LogP contribution < -0.4 is 0 Å². The van der Waals surface area contributed by atoms with Crippen molar-refractivity contribution in [2.45, 2.75) is 56.5 Å². The maximum absolute atomic E-state index is 13.4. The Morgan fingerprint density at radius 1 is 1.12 bits per heavy atom. The minimum Gasteiger partial charge on any atom is -0.383 e. The highest BCUT2D eigenvalue weighted by Gasteiger charge is 2.66. The summed E-state index contributed by atoms with van der Waals surface area (Å²) in [7, 11) is 0. The van der Waals surface area contributed by atoms with Gasteiger partial charge in [0.2, 0.25) is 0 Å². The standard InChI is InChI=1S/C10H14F6O/c1-6-2-4-8(17,5-3-6)9(12,13)7(11)10(14,15)16/h6-7,17H,2-5H2,1H3. The van der Waals surface area contributed by atoms with Crippen molar-refractivity contribution in [1.29, 1.82) is 0 Å². The molecule has 0 radical (unpaired) electrons. The molecule has 0 aromatic heterocycles. The average Bonchev–Trinajstić information content (AvgIpc) is 2.20. The minimum absolute atomic E-state index is 0.0509. The second kappa shape index (κ2) is 4.33. The molecule has 7 heteroatoms. The highest BCUT2D eigenvalue weighted by Crippen LogP contribution is 2.48. The Bertz CT molecular complexity index is 266. The Labute approximate surface area is 94.8 Å². The summed E-state index contributed by atoms with van der Waals surface area (Å²) in [6.07, 6.45) is -10.7. The summed E-state index contributed by atoms with van der Waals surface area (Å²) in [5.41, 5.74) is -2.89. The third kappa shape index (κ3) is 2.69. The highest BCUT2D eigenvalue weighted by atomic mass is 19.4. The summed E-state index contributed by atoms with van der Waals surface area (Å²) < 4.78 is 75.5. The van der Waals surface area contributed by atoms with Crippen molar-refractivity contribution in [1.82, 2.24) is 0 Å².